The van der Waals surface area contributed by atoms with Crippen molar-refractivity contribution >= 4 is 28.2 Å². The van der Waals surface area contributed by atoms with Gasteiger partial charge in [-0.3, -0.25) is 4.98 Å². The Labute approximate surface area is 129 Å². The molecule has 0 aliphatic heterocycles. The minimum atomic E-state index is 0.206. The number of benzene rings is 2. The van der Waals surface area contributed by atoms with E-state index < -0.39 is 0 Å². The van der Waals surface area contributed by atoms with Gasteiger partial charge in [0, 0.05) is 17.6 Å². The van der Waals surface area contributed by atoms with Crippen molar-refractivity contribution in [2.24, 2.45) is 0 Å². The molecule has 21 heavy (non-hydrogen) atoms. The lowest BCUT2D eigenvalue weighted by Crippen LogP contribution is -2.07. The van der Waals surface area contributed by atoms with E-state index in [1.165, 1.54) is 11.1 Å². The average Bonchev–Trinajstić information content (AvgIpc) is 2.51. The highest BCUT2D eigenvalue weighted by molar-refractivity contribution is 6.35. The third-order valence-electron chi connectivity index (χ3n) is 3.67. The second kappa shape index (κ2) is 5.74. The van der Waals surface area contributed by atoms with Crippen LogP contribution in [0.4, 0.5) is 5.69 Å². The smallest absolute Gasteiger partial charge is 0.0948 e. The summed E-state index contributed by atoms with van der Waals surface area (Å²) in [6, 6.07) is 16.6. The van der Waals surface area contributed by atoms with Gasteiger partial charge in [-0.25, -0.2) is 0 Å². The van der Waals surface area contributed by atoms with E-state index in [0.717, 1.165) is 21.6 Å². The fourth-order valence-electron chi connectivity index (χ4n) is 2.43. The summed E-state index contributed by atoms with van der Waals surface area (Å²) in [5, 5.41) is 5.23. The third-order valence-corrected chi connectivity index (χ3v) is 4.00. The Balaban J connectivity index is 1.95. The zero-order valence-electron chi connectivity index (χ0n) is 12.1. The molecule has 1 unspecified atom stereocenters. The summed E-state index contributed by atoms with van der Waals surface area (Å²) in [5.41, 5.74) is 4.43. The van der Waals surface area contributed by atoms with Gasteiger partial charge in [0.25, 0.3) is 0 Å². The molecule has 0 radical (unpaired) electrons. The minimum Gasteiger partial charge on any atom is -0.377 e. The molecule has 0 fully saturated rings. The van der Waals surface area contributed by atoms with E-state index in [4.69, 9.17) is 11.6 Å². The fraction of sp³-hybridized carbons (Fsp3) is 0.167. The van der Waals surface area contributed by atoms with E-state index in [1.807, 2.05) is 24.3 Å². The first-order valence-electron chi connectivity index (χ1n) is 7.01. The van der Waals surface area contributed by atoms with E-state index in [1.54, 1.807) is 6.20 Å². The Bertz CT molecular complexity index is 766. The van der Waals surface area contributed by atoms with Crippen LogP contribution in [-0.4, -0.2) is 4.98 Å². The molecule has 2 aromatic carbocycles. The SMILES string of the molecule is Cc1ccc(C(C)Nc2ccc(Cl)c3cccnc23)cc1. The highest BCUT2D eigenvalue weighted by Crippen LogP contribution is 2.30. The van der Waals surface area contributed by atoms with Gasteiger partial charge < -0.3 is 5.32 Å². The maximum atomic E-state index is 6.23. The van der Waals surface area contributed by atoms with E-state index >= 15 is 0 Å². The third kappa shape index (κ3) is 2.86. The topological polar surface area (TPSA) is 24.9 Å². The number of rotatable bonds is 3. The lowest BCUT2D eigenvalue weighted by molar-refractivity contribution is 0.885. The molecule has 0 aliphatic rings. The summed E-state index contributed by atoms with van der Waals surface area (Å²) in [5.74, 6) is 0. The van der Waals surface area contributed by atoms with E-state index in [-0.39, 0.29) is 6.04 Å². The Hall–Kier alpha value is -2.06. The molecule has 0 saturated heterocycles. The van der Waals surface area contributed by atoms with Gasteiger partial charge in [-0.15, -0.1) is 0 Å². The van der Waals surface area contributed by atoms with Crippen LogP contribution >= 0.6 is 11.6 Å². The lowest BCUT2D eigenvalue weighted by atomic mass is 10.1. The zero-order chi connectivity index (χ0) is 14.8. The van der Waals surface area contributed by atoms with Crippen LogP contribution in [0.25, 0.3) is 10.9 Å². The molecule has 1 heterocycles. The molecule has 3 heteroatoms. The van der Waals surface area contributed by atoms with E-state index in [0.29, 0.717) is 0 Å². The lowest BCUT2D eigenvalue weighted by Gasteiger charge is -2.17. The van der Waals surface area contributed by atoms with Crippen molar-refractivity contribution in [2.45, 2.75) is 19.9 Å². The largest absolute Gasteiger partial charge is 0.377 e. The van der Waals surface area contributed by atoms with Gasteiger partial charge in [0.1, 0.15) is 0 Å². The first-order valence-corrected chi connectivity index (χ1v) is 7.39. The van der Waals surface area contributed by atoms with Gasteiger partial charge in [0.05, 0.1) is 16.2 Å². The summed E-state index contributed by atoms with van der Waals surface area (Å²) in [7, 11) is 0. The van der Waals surface area contributed by atoms with Gasteiger partial charge in [0.15, 0.2) is 0 Å². The van der Waals surface area contributed by atoms with Crippen molar-refractivity contribution in [2.75, 3.05) is 5.32 Å². The van der Waals surface area contributed by atoms with Gasteiger partial charge in [0.2, 0.25) is 0 Å². The quantitative estimate of drug-likeness (QED) is 0.703. The summed E-state index contributed by atoms with van der Waals surface area (Å²) in [4.78, 5) is 4.46. The van der Waals surface area contributed by atoms with Crippen LogP contribution in [0, 0.1) is 6.92 Å². The summed E-state index contributed by atoms with van der Waals surface area (Å²) >= 11 is 6.23. The van der Waals surface area contributed by atoms with E-state index in [9.17, 15) is 0 Å². The van der Waals surface area contributed by atoms with Crippen LogP contribution in [0.3, 0.4) is 0 Å². The highest BCUT2D eigenvalue weighted by atomic mass is 35.5. The van der Waals surface area contributed by atoms with Gasteiger partial charge >= 0.3 is 0 Å². The molecule has 2 nitrogen and oxygen atoms in total. The normalized spacial score (nSPS) is 12.3. The number of hydrogen-bond acceptors (Lipinski definition) is 2. The number of halogens is 1. The van der Waals surface area contributed by atoms with Crippen LogP contribution in [-0.2, 0) is 0 Å². The van der Waals surface area contributed by atoms with Crippen molar-refractivity contribution in [3.8, 4) is 0 Å². The predicted molar refractivity (Wildman–Crippen MR) is 90.0 cm³/mol. The Morgan fingerprint density at radius 1 is 1.05 bits per heavy atom. The van der Waals surface area contributed by atoms with Crippen LogP contribution in [0.5, 0.6) is 0 Å². The molecular formula is C18H17ClN2. The van der Waals surface area contributed by atoms with Gasteiger partial charge in [-0.05, 0) is 43.7 Å². The second-order valence-electron chi connectivity index (χ2n) is 5.27. The van der Waals surface area contributed by atoms with Crippen molar-refractivity contribution in [3.05, 3.63) is 70.9 Å². The Kier molecular flexibility index (Phi) is 3.80. The molecule has 3 rings (SSSR count). The molecule has 0 amide bonds. The van der Waals surface area contributed by atoms with Crippen LogP contribution in [0.1, 0.15) is 24.1 Å². The molecule has 0 saturated carbocycles. The van der Waals surface area contributed by atoms with Crippen molar-refractivity contribution in [1.29, 1.82) is 0 Å². The monoisotopic (exact) mass is 296 g/mol. The fourth-order valence-corrected chi connectivity index (χ4v) is 2.64. The molecular weight excluding hydrogens is 280 g/mol. The highest BCUT2D eigenvalue weighted by Gasteiger charge is 2.09. The first kappa shape index (κ1) is 13.9. The summed E-state index contributed by atoms with van der Waals surface area (Å²) in [6.07, 6.45) is 1.79. The molecule has 1 aromatic heterocycles. The second-order valence-corrected chi connectivity index (χ2v) is 5.68. The number of pyridine rings is 1. The molecule has 1 N–H and O–H groups in total. The number of aromatic nitrogens is 1. The predicted octanol–water partition coefficient (Wildman–Crippen LogP) is 5.37. The Morgan fingerprint density at radius 3 is 2.57 bits per heavy atom. The average molecular weight is 297 g/mol. The molecule has 1 atom stereocenters. The number of fused-ring (bicyclic) bond motifs is 1. The first-order chi connectivity index (χ1) is 10.1. The van der Waals surface area contributed by atoms with Crippen molar-refractivity contribution in [1.82, 2.24) is 4.98 Å². The van der Waals surface area contributed by atoms with Crippen LogP contribution in [0.15, 0.2) is 54.7 Å². The molecule has 0 aliphatic carbocycles. The number of anilines is 1. The summed E-state index contributed by atoms with van der Waals surface area (Å²) in [6.45, 7) is 4.24. The number of nitrogens with one attached hydrogen (secondary N) is 1. The molecule has 0 bridgehead atoms. The van der Waals surface area contributed by atoms with Gasteiger partial charge in [-0.2, -0.15) is 0 Å². The molecule has 106 valence electrons. The Morgan fingerprint density at radius 2 is 1.81 bits per heavy atom. The number of nitrogens with zero attached hydrogens (tertiary/aromatic N) is 1. The minimum absolute atomic E-state index is 0.206. The summed E-state index contributed by atoms with van der Waals surface area (Å²) < 4.78 is 0. The van der Waals surface area contributed by atoms with Crippen LogP contribution < -0.4 is 5.32 Å². The van der Waals surface area contributed by atoms with Crippen molar-refractivity contribution < 1.29 is 0 Å². The number of hydrogen-bond donors (Lipinski definition) is 1. The maximum absolute atomic E-state index is 6.23. The van der Waals surface area contributed by atoms with Crippen molar-refractivity contribution in [3.63, 3.8) is 0 Å². The number of aryl methyl sites for hydroxylation is 1. The standard InChI is InChI=1S/C18H17ClN2/c1-12-5-7-14(8-6-12)13(2)21-17-10-9-16(19)15-4-3-11-20-18(15)17/h3-11,13,21H,1-2H3. The van der Waals surface area contributed by atoms with Gasteiger partial charge in [-0.1, -0.05) is 41.4 Å². The van der Waals surface area contributed by atoms with Crippen LogP contribution in [0.2, 0.25) is 5.02 Å². The van der Waals surface area contributed by atoms with E-state index in [2.05, 4.69) is 48.4 Å². The zero-order valence-corrected chi connectivity index (χ0v) is 12.9. The molecule has 3 aromatic rings. The maximum Gasteiger partial charge on any atom is 0.0948 e. The molecule has 0 spiro atoms.